The number of hydrogen-bond acceptors (Lipinski definition) is 1. The van der Waals surface area contributed by atoms with Crippen LogP contribution in [0.2, 0.25) is 0 Å². The van der Waals surface area contributed by atoms with Crippen molar-refractivity contribution in [2.75, 3.05) is 0 Å². The van der Waals surface area contributed by atoms with Crippen molar-refractivity contribution in [3.05, 3.63) is 0 Å². The molecule has 0 aromatic carbocycles. The zero-order valence-corrected chi connectivity index (χ0v) is 7.84. The van der Waals surface area contributed by atoms with Crippen LogP contribution in [0.5, 0.6) is 0 Å². The van der Waals surface area contributed by atoms with E-state index in [1.807, 2.05) is 0 Å². The van der Waals surface area contributed by atoms with Crippen molar-refractivity contribution in [3.8, 4) is 0 Å². The summed E-state index contributed by atoms with van der Waals surface area (Å²) in [6.45, 7) is 4.54. The Morgan fingerprint density at radius 3 is 2.18 bits per heavy atom. The van der Waals surface area contributed by atoms with Gasteiger partial charge in [-0.15, -0.1) is 0 Å². The molecule has 1 atom stereocenters. The second-order valence-corrected chi connectivity index (χ2v) is 3.92. The van der Waals surface area contributed by atoms with Gasteiger partial charge in [0.2, 0.25) is 0 Å². The molecule has 0 saturated heterocycles. The number of rotatable bonds is 5. The Balaban J connectivity index is 2.15. The lowest BCUT2D eigenvalue weighted by atomic mass is 9.93. The molecule has 1 unspecified atom stereocenters. The van der Waals surface area contributed by atoms with Crippen LogP contribution in [0.1, 0.15) is 46.0 Å². The first-order valence-corrected chi connectivity index (χ1v) is 5.03. The predicted molar refractivity (Wildman–Crippen MR) is 49.4 cm³/mol. The zero-order valence-electron chi connectivity index (χ0n) is 7.84. The topological polar surface area (TPSA) is 26.0 Å². The van der Waals surface area contributed by atoms with Crippen molar-refractivity contribution < 1.29 is 0 Å². The summed E-state index contributed by atoms with van der Waals surface area (Å²) >= 11 is 0. The van der Waals surface area contributed by atoms with E-state index in [0.29, 0.717) is 6.04 Å². The molecule has 1 aliphatic rings. The molecule has 0 bridgehead atoms. The minimum absolute atomic E-state index is 0.514. The highest BCUT2D eigenvalue weighted by atomic mass is 14.7. The van der Waals surface area contributed by atoms with Crippen LogP contribution in [-0.2, 0) is 0 Å². The standard InChI is InChI=1S/C10H21N/c1-3-8(4-2)7-10(11)9-5-6-9/h8-10H,3-7,11H2,1-2H3. The lowest BCUT2D eigenvalue weighted by molar-refractivity contribution is 0.388. The summed E-state index contributed by atoms with van der Waals surface area (Å²) in [5.41, 5.74) is 6.03. The van der Waals surface area contributed by atoms with Gasteiger partial charge in [-0.05, 0) is 31.1 Å². The molecular weight excluding hydrogens is 134 g/mol. The molecular formula is C10H21N. The van der Waals surface area contributed by atoms with E-state index in [9.17, 15) is 0 Å². The summed E-state index contributed by atoms with van der Waals surface area (Å²) in [7, 11) is 0. The average Bonchev–Trinajstić information content (AvgIpc) is 2.81. The highest BCUT2D eigenvalue weighted by Gasteiger charge is 2.29. The van der Waals surface area contributed by atoms with E-state index in [2.05, 4.69) is 13.8 Å². The minimum atomic E-state index is 0.514. The van der Waals surface area contributed by atoms with Crippen LogP contribution < -0.4 is 5.73 Å². The van der Waals surface area contributed by atoms with Crippen molar-refractivity contribution in [2.24, 2.45) is 17.6 Å². The van der Waals surface area contributed by atoms with E-state index in [1.165, 1.54) is 32.1 Å². The first-order valence-electron chi connectivity index (χ1n) is 5.03. The molecule has 1 aliphatic carbocycles. The van der Waals surface area contributed by atoms with Crippen LogP contribution >= 0.6 is 0 Å². The molecule has 1 saturated carbocycles. The van der Waals surface area contributed by atoms with Crippen LogP contribution in [-0.4, -0.2) is 6.04 Å². The van der Waals surface area contributed by atoms with Crippen molar-refractivity contribution in [3.63, 3.8) is 0 Å². The quantitative estimate of drug-likeness (QED) is 0.648. The molecule has 0 aromatic heterocycles. The third-order valence-electron chi connectivity index (χ3n) is 2.99. The lowest BCUT2D eigenvalue weighted by Gasteiger charge is -2.17. The van der Waals surface area contributed by atoms with Gasteiger partial charge in [0.25, 0.3) is 0 Å². The zero-order chi connectivity index (χ0) is 8.27. The second-order valence-electron chi connectivity index (χ2n) is 3.92. The molecule has 0 radical (unpaired) electrons. The SMILES string of the molecule is CCC(CC)CC(N)C1CC1. The van der Waals surface area contributed by atoms with Gasteiger partial charge in [-0.2, -0.15) is 0 Å². The number of hydrogen-bond donors (Lipinski definition) is 1. The van der Waals surface area contributed by atoms with Gasteiger partial charge in [0.15, 0.2) is 0 Å². The molecule has 66 valence electrons. The molecule has 2 N–H and O–H groups in total. The first-order chi connectivity index (χ1) is 5.27. The van der Waals surface area contributed by atoms with Crippen molar-refractivity contribution in [2.45, 2.75) is 52.0 Å². The molecule has 1 nitrogen and oxygen atoms in total. The summed E-state index contributed by atoms with van der Waals surface area (Å²) < 4.78 is 0. The third kappa shape index (κ3) is 2.82. The van der Waals surface area contributed by atoms with Crippen molar-refractivity contribution in [1.29, 1.82) is 0 Å². The Bertz CT molecular complexity index is 103. The highest BCUT2D eigenvalue weighted by Crippen LogP contribution is 2.34. The maximum absolute atomic E-state index is 6.03. The van der Waals surface area contributed by atoms with Gasteiger partial charge in [0, 0.05) is 6.04 Å². The average molecular weight is 155 g/mol. The lowest BCUT2D eigenvalue weighted by Crippen LogP contribution is -2.25. The van der Waals surface area contributed by atoms with Crippen LogP contribution in [0.3, 0.4) is 0 Å². The normalized spacial score (nSPS) is 20.7. The highest BCUT2D eigenvalue weighted by molar-refractivity contribution is 4.84. The molecule has 0 heterocycles. The molecule has 0 aliphatic heterocycles. The summed E-state index contributed by atoms with van der Waals surface area (Å²) in [4.78, 5) is 0. The fourth-order valence-electron chi connectivity index (χ4n) is 1.72. The Morgan fingerprint density at radius 2 is 1.82 bits per heavy atom. The van der Waals surface area contributed by atoms with E-state index in [4.69, 9.17) is 5.73 Å². The summed E-state index contributed by atoms with van der Waals surface area (Å²) in [6.07, 6.45) is 6.65. The maximum atomic E-state index is 6.03. The van der Waals surface area contributed by atoms with Crippen LogP contribution in [0.4, 0.5) is 0 Å². The summed E-state index contributed by atoms with van der Waals surface area (Å²) in [6, 6.07) is 0.514. The van der Waals surface area contributed by atoms with Crippen LogP contribution in [0, 0.1) is 11.8 Å². The monoisotopic (exact) mass is 155 g/mol. The maximum Gasteiger partial charge on any atom is 0.00697 e. The smallest absolute Gasteiger partial charge is 0.00697 e. The van der Waals surface area contributed by atoms with Crippen LogP contribution in [0.25, 0.3) is 0 Å². The summed E-state index contributed by atoms with van der Waals surface area (Å²) in [5.74, 6) is 1.76. The van der Waals surface area contributed by atoms with Crippen molar-refractivity contribution >= 4 is 0 Å². The van der Waals surface area contributed by atoms with E-state index in [1.54, 1.807) is 0 Å². The Kier molecular flexibility index (Phi) is 3.38. The van der Waals surface area contributed by atoms with Gasteiger partial charge in [-0.1, -0.05) is 26.7 Å². The van der Waals surface area contributed by atoms with Crippen molar-refractivity contribution in [1.82, 2.24) is 0 Å². The molecule has 1 heteroatoms. The second kappa shape index (κ2) is 4.10. The van der Waals surface area contributed by atoms with E-state index in [0.717, 1.165) is 11.8 Å². The van der Waals surface area contributed by atoms with Gasteiger partial charge in [0.1, 0.15) is 0 Å². The van der Waals surface area contributed by atoms with Gasteiger partial charge >= 0.3 is 0 Å². The molecule has 0 amide bonds. The van der Waals surface area contributed by atoms with Crippen LogP contribution in [0.15, 0.2) is 0 Å². The minimum Gasteiger partial charge on any atom is -0.327 e. The fourth-order valence-corrected chi connectivity index (χ4v) is 1.72. The molecule has 1 fully saturated rings. The molecule has 0 spiro atoms. The van der Waals surface area contributed by atoms with Gasteiger partial charge in [-0.25, -0.2) is 0 Å². The first kappa shape index (κ1) is 9.05. The fraction of sp³-hybridized carbons (Fsp3) is 1.00. The van der Waals surface area contributed by atoms with Gasteiger partial charge in [-0.3, -0.25) is 0 Å². The molecule has 1 rings (SSSR count). The Morgan fingerprint density at radius 1 is 1.27 bits per heavy atom. The molecule has 11 heavy (non-hydrogen) atoms. The summed E-state index contributed by atoms with van der Waals surface area (Å²) in [5, 5.41) is 0. The predicted octanol–water partition coefficient (Wildman–Crippen LogP) is 2.55. The third-order valence-corrected chi connectivity index (χ3v) is 2.99. The van der Waals surface area contributed by atoms with Gasteiger partial charge in [0.05, 0.1) is 0 Å². The largest absolute Gasteiger partial charge is 0.327 e. The van der Waals surface area contributed by atoms with E-state index in [-0.39, 0.29) is 0 Å². The Labute approximate surface area is 70.4 Å². The van der Waals surface area contributed by atoms with E-state index < -0.39 is 0 Å². The van der Waals surface area contributed by atoms with E-state index >= 15 is 0 Å². The molecule has 0 aromatic rings. The van der Waals surface area contributed by atoms with Gasteiger partial charge < -0.3 is 5.73 Å². The number of nitrogens with two attached hydrogens (primary N) is 1. The Hall–Kier alpha value is -0.0400.